The van der Waals surface area contributed by atoms with Crippen LogP contribution in [0.15, 0.2) is 76.2 Å². The molecule has 0 fully saturated rings. The minimum Gasteiger partial charge on any atom is -0.505 e. The highest BCUT2D eigenvalue weighted by atomic mass is 19.1. The zero-order valence-electron chi connectivity index (χ0n) is 20.2. The Morgan fingerprint density at radius 2 is 1.77 bits per heavy atom. The number of benzene rings is 3. The largest absolute Gasteiger partial charge is 0.505 e. The van der Waals surface area contributed by atoms with Crippen LogP contribution in [0.25, 0.3) is 44.4 Å². The molecule has 3 aromatic heterocycles. The van der Waals surface area contributed by atoms with Crippen molar-refractivity contribution in [1.82, 2.24) is 19.7 Å². The maximum Gasteiger partial charge on any atom is 0.200 e. The number of aromatic nitrogens is 4. The van der Waals surface area contributed by atoms with Gasteiger partial charge in [-0.15, -0.1) is 0 Å². The van der Waals surface area contributed by atoms with Gasteiger partial charge in [-0.2, -0.15) is 5.10 Å². The molecule has 194 valence electrons. The smallest absolute Gasteiger partial charge is 0.200 e. The first-order valence-corrected chi connectivity index (χ1v) is 11.7. The molecular weight excluding hydrogens is 511 g/mol. The molecule has 0 aliphatic heterocycles. The van der Waals surface area contributed by atoms with E-state index >= 15 is 0 Å². The van der Waals surface area contributed by atoms with E-state index in [1.807, 2.05) is 0 Å². The summed E-state index contributed by atoms with van der Waals surface area (Å²) in [4.78, 5) is 22.0. The Labute approximate surface area is 217 Å². The molecule has 6 aromatic rings. The summed E-state index contributed by atoms with van der Waals surface area (Å²) < 4.78 is 50.1. The summed E-state index contributed by atoms with van der Waals surface area (Å²) in [6, 6.07) is 11.9. The van der Waals surface area contributed by atoms with E-state index in [-0.39, 0.29) is 45.0 Å². The van der Waals surface area contributed by atoms with Gasteiger partial charge in [0.05, 0.1) is 16.3 Å². The SMILES string of the molecule is C[C@@H](c1oc2ccc(F)cc2c(=O)c1-c1cccc(F)c1)n1nc(-c2ccc(O)c(F)c2)c2c(N)ncnc21. The van der Waals surface area contributed by atoms with E-state index < -0.39 is 34.7 Å². The second-order valence-electron chi connectivity index (χ2n) is 8.91. The van der Waals surface area contributed by atoms with Crippen molar-refractivity contribution in [2.45, 2.75) is 13.0 Å². The monoisotopic (exact) mass is 529 g/mol. The quantitative estimate of drug-likeness (QED) is 0.306. The molecule has 0 unspecified atom stereocenters. The Bertz CT molecular complexity index is 1990. The first-order valence-electron chi connectivity index (χ1n) is 11.7. The van der Waals surface area contributed by atoms with Gasteiger partial charge < -0.3 is 15.3 Å². The molecule has 0 amide bonds. The van der Waals surface area contributed by atoms with Crippen LogP contribution in [0.5, 0.6) is 5.75 Å². The average molecular weight is 529 g/mol. The molecule has 3 heterocycles. The standard InChI is InChI=1S/C28H18F3N5O3/c1-13(36-28-23(27(32)33-12-34-28)24(35-36)15-5-7-20(37)19(31)10-15)26-22(14-3-2-4-16(29)9-14)25(38)18-11-17(30)6-8-21(18)39-26/h2-13,37H,1H3,(H2,32,33,34)/t13-/m0/s1. The molecule has 3 aromatic carbocycles. The number of fused-ring (bicyclic) bond motifs is 2. The lowest BCUT2D eigenvalue weighted by Gasteiger charge is -2.17. The van der Waals surface area contributed by atoms with Gasteiger partial charge >= 0.3 is 0 Å². The highest BCUT2D eigenvalue weighted by molar-refractivity contribution is 5.98. The second-order valence-corrected chi connectivity index (χ2v) is 8.91. The molecule has 0 spiro atoms. The van der Waals surface area contributed by atoms with E-state index in [1.54, 1.807) is 13.0 Å². The minimum absolute atomic E-state index is 0.0117. The number of phenols is 1. The van der Waals surface area contributed by atoms with Crippen LogP contribution < -0.4 is 11.2 Å². The van der Waals surface area contributed by atoms with E-state index in [1.165, 1.54) is 47.4 Å². The number of hydrogen-bond acceptors (Lipinski definition) is 7. The Kier molecular flexibility index (Phi) is 5.56. The van der Waals surface area contributed by atoms with Crippen LogP contribution in [0, 0.1) is 17.5 Å². The zero-order chi connectivity index (χ0) is 27.4. The van der Waals surface area contributed by atoms with Crippen LogP contribution >= 0.6 is 0 Å². The molecule has 0 aliphatic rings. The lowest BCUT2D eigenvalue weighted by atomic mass is 9.99. The highest BCUT2D eigenvalue weighted by Crippen LogP contribution is 2.37. The summed E-state index contributed by atoms with van der Waals surface area (Å²) >= 11 is 0. The summed E-state index contributed by atoms with van der Waals surface area (Å²) in [6.07, 6.45) is 1.23. The van der Waals surface area contributed by atoms with Crippen molar-refractivity contribution in [2.75, 3.05) is 5.73 Å². The zero-order valence-corrected chi connectivity index (χ0v) is 20.2. The van der Waals surface area contributed by atoms with Gasteiger partial charge in [0.25, 0.3) is 0 Å². The van der Waals surface area contributed by atoms with E-state index in [2.05, 4.69) is 15.1 Å². The van der Waals surface area contributed by atoms with Gasteiger partial charge in [-0.05, 0) is 61.0 Å². The third-order valence-corrected chi connectivity index (χ3v) is 6.48. The molecule has 3 N–H and O–H groups in total. The molecule has 0 aliphatic carbocycles. The Morgan fingerprint density at radius 3 is 2.54 bits per heavy atom. The van der Waals surface area contributed by atoms with Crippen molar-refractivity contribution in [1.29, 1.82) is 0 Å². The minimum atomic E-state index is -0.861. The number of anilines is 1. The molecule has 0 radical (unpaired) electrons. The fourth-order valence-electron chi connectivity index (χ4n) is 4.63. The van der Waals surface area contributed by atoms with Crippen LogP contribution in [0.2, 0.25) is 0 Å². The van der Waals surface area contributed by atoms with Gasteiger partial charge in [0.2, 0.25) is 5.43 Å². The topological polar surface area (TPSA) is 120 Å². The van der Waals surface area contributed by atoms with Gasteiger partial charge in [0.15, 0.2) is 17.2 Å². The molecule has 11 heteroatoms. The van der Waals surface area contributed by atoms with Crippen molar-refractivity contribution in [3.63, 3.8) is 0 Å². The van der Waals surface area contributed by atoms with Gasteiger partial charge in [-0.1, -0.05) is 12.1 Å². The number of phenolic OH excluding ortho intramolecular Hbond substituents is 1. The fraction of sp³-hybridized carbons (Fsp3) is 0.0714. The fourth-order valence-corrected chi connectivity index (χ4v) is 4.63. The van der Waals surface area contributed by atoms with Crippen LogP contribution in [-0.2, 0) is 0 Å². The highest BCUT2D eigenvalue weighted by Gasteiger charge is 2.27. The van der Waals surface area contributed by atoms with Crippen molar-refractivity contribution in [3.05, 3.63) is 100 Å². The van der Waals surface area contributed by atoms with Gasteiger partial charge in [-0.25, -0.2) is 27.8 Å². The van der Waals surface area contributed by atoms with Crippen molar-refractivity contribution in [3.8, 4) is 28.1 Å². The number of nitrogens with two attached hydrogens (primary N) is 1. The first-order chi connectivity index (χ1) is 18.7. The molecule has 6 rings (SSSR count). The maximum atomic E-state index is 14.2. The molecule has 0 bridgehead atoms. The number of hydrogen-bond donors (Lipinski definition) is 2. The number of nitrogen functional groups attached to an aromatic ring is 1. The van der Waals surface area contributed by atoms with Crippen molar-refractivity contribution >= 4 is 27.8 Å². The second kappa shape index (κ2) is 8.98. The lowest BCUT2D eigenvalue weighted by Crippen LogP contribution is -2.16. The number of nitrogens with zero attached hydrogens (tertiary/aromatic N) is 4. The summed E-state index contributed by atoms with van der Waals surface area (Å²) in [5.41, 5.74) is 6.75. The number of halogens is 3. The summed E-state index contributed by atoms with van der Waals surface area (Å²) in [5, 5.41) is 14.6. The summed E-state index contributed by atoms with van der Waals surface area (Å²) in [7, 11) is 0. The van der Waals surface area contributed by atoms with Gasteiger partial charge in [-0.3, -0.25) is 4.79 Å². The molecule has 1 atom stereocenters. The summed E-state index contributed by atoms with van der Waals surface area (Å²) in [6.45, 7) is 1.68. The van der Waals surface area contributed by atoms with Crippen LogP contribution in [-0.4, -0.2) is 24.9 Å². The molecular formula is C28H18F3N5O3. The van der Waals surface area contributed by atoms with Crippen LogP contribution in [0.1, 0.15) is 18.7 Å². The first kappa shape index (κ1) is 24.2. The van der Waals surface area contributed by atoms with E-state index in [0.29, 0.717) is 10.9 Å². The van der Waals surface area contributed by atoms with Crippen LogP contribution in [0.3, 0.4) is 0 Å². The molecule has 0 saturated heterocycles. The average Bonchev–Trinajstić information content (AvgIpc) is 3.31. The van der Waals surface area contributed by atoms with Gasteiger partial charge in [0, 0.05) is 5.56 Å². The van der Waals surface area contributed by atoms with Crippen molar-refractivity contribution in [2.24, 2.45) is 0 Å². The Morgan fingerprint density at radius 1 is 0.974 bits per heavy atom. The van der Waals surface area contributed by atoms with E-state index in [0.717, 1.165) is 18.2 Å². The van der Waals surface area contributed by atoms with E-state index in [9.17, 15) is 23.1 Å². The molecule has 8 nitrogen and oxygen atoms in total. The number of rotatable bonds is 4. The Balaban J connectivity index is 1.65. The van der Waals surface area contributed by atoms with Gasteiger partial charge in [0.1, 0.15) is 46.9 Å². The Hall–Kier alpha value is -5.19. The molecule has 0 saturated carbocycles. The van der Waals surface area contributed by atoms with E-state index in [4.69, 9.17) is 10.2 Å². The summed E-state index contributed by atoms with van der Waals surface area (Å²) in [5.74, 6) is -2.42. The lowest BCUT2D eigenvalue weighted by molar-refractivity contribution is 0.432. The maximum absolute atomic E-state index is 14.2. The molecule has 39 heavy (non-hydrogen) atoms. The third-order valence-electron chi connectivity index (χ3n) is 6.48. The third kappa shape index (κ3) is 3.95. The number of aromatic hydroxyl groups is 1. The predicted octanol–water partition coefficient (Wildman–Crippen LogP) is 5.58. The van der Waals surface area contributed by atoms with Crippen LogP contribution in [0.4, 0.5) is 19.0 Å². The van der Waals surface area contributed by atoms with Crippen molar-refractivity contribution < 1.29 is 22.7 Å². The normalized spacial score (nSPS) is 12.3. The predicted molar refractivity (Wildman–Crippen MR) is 138 cm³/mol.